The predicted octanol–water partition coefficient (Wildman–Crippen LogP) is -0.191. The van der Waals surface area contributed by atoms with Crippen molar-refractivity contribution >= 4 is 5.91 Å². The SMILES string of the molecule is CC(C)CN(C)C(=O)[C@@H](N)[C@H](C)O. The van der Waals surface area contributed by atoms with Crippen LogP contribution in [0.4, 0.5) is 0 Å². The van der Waals surface area contributed by atoms with E-state index in [1.807, 2.05) is 13.8 Å². The number of carbonyl (C=O) groups excluding carboxylic acids is 1. The van der Waals surface area contributed by atoms with Gasteiger partial charge in [-0.25, -0.2) is 0 Å². The highest BCUT2D eigenvalue weighted by Crippen LogP contribution is 2.00. The molecule has 0 unspecified atom stereocenters. The molecule has 0 bridgehead atoms. The van der Waals surface area contributed by atoms with Gasteiger partial charge in [-0.15, -0.1) is 0 Å². The van der Waals surface area contributed by atoms with Crippen LogP contribution in [0.15, 0.2) is 0 Å². The normalized spacial score (nSPS) is 15.6. The second-order valence-electron chi connectivity index (χ2n) is 3.88. The Bertz CT molecular complexity index is 169. The fraction of sp³-hybridized carbons (Fsp3) is 0.889. The number of nitrogens with two attached hydrogens (primary N) is 1. The Morgan fingerprint density at radius 3 is 2.23 bits per heavy atom. The van der Waals surface area contributed by atoms with Gasteiger partial charge >= 0.3 is 0 Å². The van der Waals surface area contributed by atoms with Crippen LogP contribution in [-0.2, 0) is 4.79 Å². The topological polar surface area (TPSA) is 66.6 Å². The number of carbonyl (C=O) groups is 1. The first-order valence-electron chi connectivity index (χ1n) is 4.55. The van der Waals surface area contributed by atoms with Crippen molar-refractivity contribution in [2.75, 3.05) is 13.6 Å². The summed E-state index contributed by atoms with van der Waals surface area (Å²) in [4.78, 5) is 13.0. The molecule has 4 heteroatoms. The van der Waals surface area contributed by atoms with Crippen molar-refractivity contribution < 1.29 is 9.90 Å². The molecule has 0 aromatic rings. The van der Waals surface area contributed by atoms with E-state index in [9.17, 15) is 4.79 Å². The Kier molecular flexibility index (Phi) is 4.95. The highest BCUT2D eigenvalue weighted by atomic mass is 16.3. The molecule has 0 aliphatic heterocycles. The largest absolute Gasteiger partial charge is 0.391 e. The zero-order chi connectivity index (χ0) is 10.6. The van der Waals surface area contributed by atoms with E-state index in [0.717, 1.165) is 0 Å². The van der Waals surface area contributed by atoms with Gasteiger partial charge in [0.25, 0.3) is 0 Å². The lowest BCUT2D eigenvalue weighted by atomic mass is 10.1. The van der Waals surface area contributed by atoms with Crippen molar-refractivity contribution in [2.45, 2.75) is 32.9 Å². The van der Waals surface area contributed by atoms with Crippen molar-refractivity contribution in [3.63, 3.8) is 0 Å². The van der Waals surface area contributed by atoms with Gasteiger partial charge in [-0.3, -0.25) is 4.79 Å². The Balaban J connectivity index is 4.09. The third kappa shape index (κ3) is 4.24. The van der Waals surface area contributed by atoms with Gasteiger partial charge in [-0.2, -0.15) is 0 Å². The fourth-order valence-corrected chi connectivity index (χ4v) is 1.10. The van der Waals surface area contributed by atoms with E-state index in [2.05, 4.69) is 0 Å². The van der Waals surface area contributed by atoms with Gasteiger partial charge in [0.2, 0.25) is 5.91 Å². The van der Waals surface area contributed by atoms with E-state index in [0.29, 0.717) is 12.5 Å². The molecule has 0 heterocycles. The minimum atomic E-state index is -0.802. The van der Waals surface area contributed by atoms with Crippen LogP contribution < -0.4 is 5.73 Å². The molecule has 0 fully saturated rings. The van der Waals surface area contributed by atoms with E-state index in [1.165, 1.54) is 6.92 Å². The molecule has 0 aromatic carbocycles. The molecule has 0 rings (SSSR count). The molecule has 78 valence electrons. The van der Waals surface area contributed by atoms with Crippen LogP contribution in [0, 0.1) is 5.92 Å². The number of aliphatic hydroxyl groups excluding tert-OH is 1. The van der Waals surface area contributed by atoms with Crippen molar-refractivity contribution in [2.24, 2.45) is 11.7 Å². The molecule has 0 spiro atoms. The third-order valence-electron chi connectivity index (χ3n) is 1.82. The lowest BCUT2D eigenvalue weighted by molar-refractivity contribution is -0.134. The molecular weight excluding hydrogens is 168 g/mol. The number of likely N-dealkylation sites (N-methyl/N-ethyl adjacent to an activating group) is 1. The van der Waals surface area contributed by atoms with Gasteiger partial charge < -0.3 is 15.7 Å². The van der Waals surface area contributed by atoms with Crippen LogP contribution in [0.25, 0.3) is 0 Å². The smallest absolute Gasteiger partial charge is 0.241 e. The van der Waals surface area contributed by atoms with Crippen LogP contribution in [0.5, 0.6) is 0 Å². The van der Waals surface area contributed by atoms with E-state index in [-0.39, 0.29) is 5.91 Å². The number of hydrogen-bond donors (Lipinski definition) is 2. The minimum absolute atomic E-state index is 0.205. The molecule has 0 aliphatic carbocycles. The quantitative estimate of drug-likeness (QED) is 0.642. The van der Waals surface area contributed by atoms with Gasteiger partial charge in [0.1, 0.15) is 6.04 Å². The summed E-state index contributed by atoms with van der Waals surface area (Å²) in [6.45, 7) is 6.24. The highest BCUT2D eigenvalue weighted by Gasteiger charge is 2.22. The lowest BCUT2D eigenvalue weighted by Gasteiger charge is -2.24. The van der Waals surface area contributed by atoms with Gasteiger partial charge in [0.15, 0.2) is 0 Å². The zero-order valence-electron chi connectivity index (χ0n) is 8.82. The third-order valence-corrected chi connectivity index (χ3v) is 1.82. The first kappa shape index (κ1) is 12.4. The fourth-order valence-electron chi connectivity index (χ4n) is 1.10. The lowest BCUT2D eigenvalue weighted by Crippen LogP contribution is -2.48. The molecule has 3 N–H and O–H groups in total. The summed E-state index contributed by atoms with van der Waals surface area (Å²) >= 11 is 0. The molecule has 0 saturated heterocycles. The number of aliphatic hydroxyl groups is 1. The first-order chi connectivity index (χ1) is 5.86. The van der Waals surface area contributed by atoms with Crippen LogP contribution in [0.1, 0.15) is 20.8 Å². The molecule has 0 aliphatic rings. The van der Waals surface area contributed by atoms with Crippen molar-refractivity contribution in [3.05, 3.63) is 0 Å². The summed E-state index contributed by atoms with van der Waals surface area (Å²) in [5, 5.41) is 9.10. The van der Waals surface area contributed by atoms with Gasteiger partial charge in [-0.05, 0) is 12.8 Å². The number of amides is 1. The first-order valence-corrected chi connectivity index (χ1v) is 4.55. The highest BCUT2D eigenvalue weighted by molar-refractivity contribution is 5.81. The Hall–Kier alpha value is -0.610. The maximum atomic E-state index is 11.5. The second kappa shape index (κ2) is 5.19. The Morgan fingerprint density at radius 1 is 1.46 bits per heavy atom. The summed E-state index contributed by atoms with van der Waals surface area (Å²) < 4.78 is 0. The molecule has 1 amide bonds. The van der Waals surface area contributed by atoms with Gasteiger partial charge in [-0.1, -0.05) is 13.8 Å². The van der Waals surface area contributed by atoms with Crippen molar-refractivity contribution in [1.82, 2.24) is 4.90 Å². The molecule has 2 atom stereocenters. The summed E-state index contributed by atoms with van der Waals surface area (Å²) in [6, 6.07) is -0.802. The van der Waals surface area contributed by atoms with E-state index in [1.54, 1.807) is 11.9 Å². The molecule has 4 nitrogen and oxygen atoms in total. The maximum Gasteiger partial charge on any atom is 0.241 e. The summed E-state index contributed by atoms with van der Waals surface area (Å²) in [5.41, 5.74) is 5.50. The number of rotatable bonds is 4. The minimum Gasteiger partial charge on any atom is -0.391 e. The second-order valence-corrected chi connectivity index (χ2v) is 3.88. The molecule has 0 saturated carbocycles. The average molecular weight is 188 g/mol. The molecule has 0 aromatic heterocycles. The number of hydrogen-bond acceptors (Lipinski definition) is 3. The molecule has 0 radical (unpaired) electrons. The van der Waals surface area contributed by atoms with Crippen molar-refractivity contribution in [3.8, 4) is 0 Å². The van der Waals surface area contributed by atoms with Crippen molar-refractivity contribution in [1.29, 1.82) is 0 Å². The number of nitrogens with zero attached hydrogens (tertiary/aromatic N) is 1. The maximum absolute atomic E-state index is 11.5. The average Bonchev–Trinajstić information content (AvgIpc) is 2.00. The summed E-state index contributed by atoms with van der Waals surface area (Å²) in [6.07, 6.45) is -0.790. The van der Waals surface area contributed by atoms with E-state index < -0.39 is 12.1 Å². The molecular formula is C9H20N2O2. The van der Waals surface area contributed by atoms with Crippen LogP contribution >= 0.6 is 0 Å². The van der Waals surface area contributed by atoms with E-state index >= 15 is 0 Å². The van der Waals surface area contributed by atoms with Crippen LogP contribution in [0.2, 0.25) is 0 Å². The predicted molar refractivity (Wildman–Crippen MR) is 52.1 cm³/mol. The molecule has 13 heavy (non-hydrogen) atoms. The standard InChI is InChI=1S/C9H20N2O2/c1-6(2)5-11(4)9(13)8(10)7(3)12/h6-8,12H,5,10H2,1-4H3/t7-,8-/m0/s1. The zero-order valence-corrected chi connectivity index (χ0v) is 8.82. The van der Waals surface area contributed by atoms with Gasteiger partial charge in [0.05, 0.1) is 6.10 Å². The van der Waals surface area contributed by atoms with E-state index in [4.69, 9.17) is 10.8 Å². The van der Waals surface area contributed by atoms with Crippen LogP contribution in [-0.4, -0.2) is 41.7 Å². The summed E-state index contributed by atoms with van der Waals surface area (Å²) in [7, 11) is 1.70. The Morgan fingerprint density at radius 2 is 1.92 bits per heavy atom. The Labute approximate surface area is 79.7 Å². The van der Waals surface area contributed by atoms with Gasteiger partial charge in [0, 0.05) is 13.6 Å². The van der Waals surface area contributed by atoms with Crippen LogP contribution in [0.3, 0.4) is 0 Å². The monoisotopic (exact) mass is 188 g/mol. The summed E-state index contributed by atoms with van der Waals surface area (Å²) in [5.74, 6) is 0.207.